The second-order valence-electron chi connectivity index (χ2n) is 14.6. The lowest BCUT2D eigenvalue weighted by Gasteiger charge is -2.31. The summed E-state index contributed by atoms with van der Waals surface area (Å²) in [5.41, 5.74) is 7.49. The molecule has 2 aliphatic heterocycles. The van der Waals surface area contributed by atoms with E-state index in [1.54, 1.807) is 46.7 Å². The highest BCUT2D eigenvalue weighted by molar-refractivity contribution is 7.08. The van der Waals surface area contributed by atoms with Crippen LogP contribution in [0.1, 0.15) is 72.6 Å². The van der Waals surface area contributed by atoms with Crippen LogP contribution in [-0.4, -0.2) is 84.8 Å². The summed E-state index contributed by atoms with van der Waals surface area (Å²) in [6.45, 7) is 1.24. The minimum absolute atomic E-state index is 0.0891. The van der Waals surface area contributed by atoms with Crippen molar-refractivity contribution in [1.29, 1.82) is 0 Å². The smallest absolute Gasteiger partial charge is 0.405 e. The molecule has 0 aliphatic carbocycles. The largest absolute Gasteiger partial charge is 0.465 e. The molecule has 0 spiro atoms. The van der Waals surface area contributed by atoms with Crippen LogP contribution in [0, 0.1) is 0 Å². The van der Waals surface area contributed by atoms with Gasteiger partial charge in [-0.05, 0) is 90.0 Å². The predicted octanol–water partition coefficient (Wildman–Crippen LogP) is 7.83. The number of rotatable bonds is 11. The van der Waals surface area contributed by atoms with Crippen molar-refractivity contribution in [3.05, 3.63) is 131 Å². The molecule has 6 aromatic rings. The minimum Gasteiger partial charge on any atom is -0.465 e. The molecule has 4 N–H and O–H groups in total. The van der Waals surface area contributed by atoms with Crippen molar-refractivity contribution in [3.63, 3.8) is 0 Å². The Morgan fingerprint density at radius 1 is 0.732 bits per heavy atom. The van der Waals surface area contributed by atoms with E-state index in [4.69, 9.17) is 4.98 Å². The number of aromatic nitrogens is 4. The number of nitrogens with zero attached hydrogens (tertiary/aromatic N) is 5. The Balaban J connectivity index is 0.930. The number of thiophene rings is 1. The van der Waals surface area contributed by atoms with Gasteiger partial charge in [-0.3, -0.25) is 14.5 Å². The van der Waals surface area contributed by atoms with Gasteiger partial charge in [0.25, 0.3) is 5.91 Å². The molecule has 1 unspecified atom stereocenters. The van der Waals surface area contributed by atoms with Crippen molar-refractivity contribution in [3.8, 4) is 33.6 Å². The van der Waals surface area contributed by atoms with Gasteiger partial charge in [0, 0.05) is 13.1 Å². The number of carbonyl (C=O) groups is 3. The van der Waals surface area contributed by atoms with E-state index in [0.29, 0.717) is 24.5 Å². The molecule has 5 heterocycles. The number of nitrogens with one attached hydrogen (secondary N) is 3. The van der Waals surface area contributed by atoms with Crippen LogP contribution in [0.15, 0.2) is 108 Å². The highest BCUT2D eigenvalue weighted by Gasteiger charge is 2.38. The van der Waals surface area contributed by atoms with Gasteiger partial charge in [-0.1, -0.05) is 78.9 Å². The van der Waals surface area contributed by atoms with E-state index in [1.807, 2.05) is 47.6 Å². The molecule has 3 aromatic carbocycles. The van der Waals surface area contributed by atoms with Crippen LogP contribution in [0.25, 0.3) is 33.6 Å². The molecule has 4 atom stereocenters. The van der Waals surface area contributed by atoms with Gasteiger partial charge in [0.2, 0.25) is 5.91 Å². The summed E-state index contributed by atoms with van der Waals surface area (Å²) in [6.07, 6.45) is 5.73. The first-order chi connectivity index (χ1) is 27.2. The summed E-state index contributed by atoms with van der Waals surface area (Å²) in [5.74, 6) is 1.30. The number of hydrogen-bond acceptors (Lipinski definition) is 7. The lowest BCUT2D eigenvalue weighted by Crippen LogP contribution is -2.42. The highest BCUT2D eigenvalue weighted by Crippen LogP contribution is 2.37. The van der Waals surface area contributed by atoms with Gasteiger partial charge in [-0.2, -0.15) is 11.3 Å². The van der Waals surface area contributed by atoms with Crippen molar-refractivity contribution in [2.45, 2.75) is 49.9 Å². The summed E-state index contributed by atoms with van der Waals surface area (Å²) < 4.78 is 0. The van der Waals surface area contributed by atoms with Crippen LogP contribution in [0.3, 0.4) is 0 Å². The number of hydrogen-bond donors (Lipinski definition) is 4. The Hall–Kier alpha value is -6.05. The Morgan fingerprint density at radius 2 is 1.25 bits per heavy atom. The molecule has 3 aromatic heterocycles. The number of imidazole rings is 2. The van der Waals surface area contributed by atoms with Crippen molar-refractivity contribution in [1.82, 2.24) is 40.0 Å². The lowest BCUT2D eigenvalue weighted by atomic mass is 10.0. The molecular formula is C43H44N8O4S. The van der Waals surface area contributed by atoms with Crippen LogP contribution in [-0.2, 0) is 9.59 Å². The number of H-pyrrole nitrogens is 2. The van der Waals surface area contributed by atoms with Gasteiger partial charge >= 0.3 is 6.09 Å². The Kier molecular flexibility index (Phi) is 10.5. The Bertz CT molecular complexity index is 2290. The summed E-state index contributed by atoms with van der Waals surface area (Å²) in [6, 6.07) is 25.9. The molecule has 13 heteroatoms. The molecule has 12 nitrogen and oxygen atoms in total. The van der Waals surface area contributed by atoms with Crippen molar-refractivity contribution in [2.75, 3.05) is 27.2 Å². The van der Waals surface area contributed by atoms with Crippen LogP contribution in [0.5, 0.6) is 0 Å². The molecule has 2 aliphatic rings. The predicted molar refractivity (Wildman–Crippen MR) is 216 cm³/mol. The number of aromatic amines is 2. The summed E-state index contributed by atoms with van der Waals surface area (Å²) in [4.78, 5) is 61.2. The summed E-state index contributed by atoms with van der Waals surface area (Å²) >= 11 is 1.61. The fourth-order valence-corrected chi connectivity index (χ4v) is 8.77. The van der Waals surface area contributed by atoms with E-state index in [1.165, 1.54) is 0 Å². The van der Waals surface area contributed by atoms with E-state index in [2.05, 4.69) is 74.2 Å². The fourth-order valence-electron chi connectivity index (χ4n) is 8.09. The Morgan fingerprint density at radius 3 is 1.73 bits per heavy atom. The molecule has 56 heavy (non-hydrogen) atoms. The number of benzene rings is 3. The van der Waals surface area contributed by atoms with Gasteiger partial charge < -0.3 is 30.2 Å². The van der Waals surface area contributed by atoms with E-state index in [-0.39, 0.29) is 29.9 Å². The average Bonchev–Trinajstić information content (AvgIpc) is 4.07. The van der Waals surface area contributed by atoms with E-state index >= 15 is 0 Å². The average molecular weight is 769 g/mol. The second kappa shape index (κ2) is 16.0. The molecular weight excluding hydrogens is 725 g/mol. The van der Waals surface area contributed by atoms with E-state index < -0.39 is 12.1 Å². The molecule has 286 valence electrons. The minimum atomic E-state index is -1.25. The Labute approximate surface area is 329 Å². The van der Waals surface area contributed by atoms with Crippen LogP contribution in [0.2, 0.25) is 0 Å². The van der Waals surface area contributed by atoms with Crippen LogP contribution in [0.4, 0.5) is 4.79 Å². The molecule has 0 radical (unpaired) electrons. The maximum atomic E-state index is 13.8. The zero-order chi connectivity index (χ0) is 38.8. The van der Waals surface area contributed by atoms with Crippen molar-refractivity contribution < 1.29 is 19.5 Å². The maximum absolute atomic E-state index is 13.8. The van der Waals surface area contributed by atoms with Gasteiger partial charge in [0.05, 0.1) is 35.9 Å². The second-order valence-corrected chi connectivity index (χ2v) is 15.4. The third-order valence-corrected chi connectivity index (χ3v) is 11.6. The third-order valence-electron chi connectivity index (χ3n) is 10.9. The molecule has 2 saturated heterocycles. The number of amides is 3. The summed E-state index contributed by atoms with van der Waals surface area (Å²) in [5, 5.41) is 16.0. The standard InChI is InChI=1S/C43H44N8O4S/c1-49(2)38(32-20-23-56-26-32)42(53)51-22-7-11-36(51)40-45-25-34(47-40)30-18-14-28(15-19-30)27-12-16-29(17-13-27)33-24-44-39(46-33)35-10-6-21-50(35)41(52)37(48-43(54)55)31-8-4-3-5-9-31/h3-5,8-9,12-20,23-26,35-38,48H,6-7,10-11,21-22H2,1-2H3,(H,44,46)(H,45,47)(H,54,55)/t35-,36-,37+,38?/m0/s1. The first-order valence-electron chi connectivity index (χ1n) is 18.9. The molecule has 0 bridgehead atoms. The van der Waals surface area contributed by atoms with Gasteiger partial charge in [-0.15, -0.1) is 0 Å². The number of likely N-dealkylation sites (tertiary alicyclic amines) is 2. The molecule has 3 amide bonds. The van der Waals surface area contributed by atoms with Gasteiger partial charge in [-0.25, -0.2) is 14.8 Å². The van der Waals surface area contributed by atoms with Gasteiger partial charge in [0.15, 0.2) is 0 Å². The van der Waals surface area contributed by atoms with Gasteiger partial charge in [0.1, 0.15) is 23.7 Å². The normalized spacial score (nSPS) is 18.0. The molecule has 2 fully saturated rings. The first kappa shape index (κ1) is 36.9. The fraction of sp³-hybridized carbons (Fsp3) is 0.279. The van der Waals surface area contributed by atoms with Crippen LogP contribution < -0.4 is 5.32 Å². The van der Waals surface area contributed by atoms with Crippen LogP contribution >= 0.6 is 11.3 Å². The number of carboxylic acid groups (broad SMARTS) is 1. The monoisotopic (exact) mass is 768 g/mol. The quantitative estimate of drug-likeness (QED) is 0.105. The number of carbonyl (C=O) groups excluding carboxylic acids is 2. The molecule has 8 rings (SSSR count). The molecule has 0 saturated carbocycles. The van der Waals surface area contributed by atoms with Crippen molar-refractivity contribution in [2.24, 2.45) is 0 Å². The lowest BCUT2D eigenvalue weighted by molar-refractivity contribution is -0.137. The maximum Gasteiger partial charge on any atom is 0.405 e. The van der Waals surface area contributed by atoms with E-state index in [9.17, 15) is 19.5 Å². The van der Waals surface area contributed by atoms with E-state index in [0.717, 1.165) is 70.7 Å². The topological polar surface area (TPSA) is 151 Å². The SMILES string of the molecule is CN(C)C(C(=O)N1CCC[C@H]1c1ncc(-c2ccc(-c3ccc(-c4cnc([C@@H]5CCCN5C(=O)[C@H](NC(=O)O)c5ccccc5)[nH]4)cc3)cc2)[nH]1)c1ccsc1. The zero-order valence-corrected chi connectivity index (χ0v) is 32.1. The summed E-state index contributed by atoms with van der Waals surface area (Å²) in [7, 11) is 3.90. The number of likely N-dealkylation sites (N-methyl/N-ethyl adjacent to an activating group) is 1. The third kappa shape index (κ3) is 7.47. The first-order valence-corrected chi connectivity index (χ1v) is 19.8. The zero-order valence-electron chi connectivity index (χ0n) is 31.3. The van der Waals surface area contributed by atoms with Crippen molar-refractivity contribution >= 4 is 29.2 Å². The highest BCUT2D eigenvalue weighted by atomic mass is 32.1.